The van der Waals surface area contributed by atoms with Gasteiger partial charge in [-0.25, -0.2) is 0 Å². The van der Waals surface area contributed by atoms with E-state index in [9.17, 15) is 18.0 Å². The van der Waals surface area contributed by atoms with E-state index in [1.165, 1.54) is 12.1 Å². The van der Waals surface area contributed by atoms with Crippen LogP contribution >= 0.6 is 11.6 Å². The lowest BCUT2D eigenvalue weighted by atomic mass is 10.2. The molecular weight excluding hydrogens is 243 g/mol. The van der Waals surface area contributed by atoms with Crippen LogP contribution in [0.4, 0.5) is 18.9 Å². The van der Waals surface area contributed by atoms with E-state index in [2.05, 4.69) is 5.32 Å². The van der Waals surface area contributed by atoms with Gasteiger partial charge < -0.3 is 5.32 Å². The molecule has 0 aliphatic rings. The first-order chi connectivity index (χ1) is 7.43. The van der Waals surface area contributed by atoms with Crippen LogP contribution in [0.2, 0.25) is 0 Å². The zero-order chi connectivity index (χ0) is 12.2. The van der Waals surface area contributed by atoms with E-state index in [0.29, 0.717) is 6.29 Å². The SMILES string of the molecule is O=C/C(Cl)=C/Nc1cccc(C(F)(F)F)c1. The standard InChI is InChI=1S/C10H7ClF3NO/c11-8(6-16)5-15-9-3-1-2-7(4-9)10(12,13)14/h1-6,15H/b8-5-. The molecule has 86 valence electrons. The zero-order valence-electron chi connectivity index (χ0n) is 7.88. The number of allylic oxidation sites excluding steroid dienone is 1. The van der Waals surface area contributed by atoms with E-state index in [1.54, 1.807) is 0 Å². The van der Waals surface area contributed by atoms with Gasteiger partial charge in [0.25, 0.3) is 0 Å². The summed E-state index contributed by atoms with van der Waals surface area (Å²) in [6.45, 7) is 0. The van der Waals surface area contributed by atoms with Crippen molar-refractivity contribution in [2.45, 2.75) is 6.18 Å². The second-order valence-corrected chi connectivity index (χ2v) is 3.31. The van der Waals surface area contributed by atoms with Gasteiger partial charge >= 0.3 is 6.18 Å². The monoisotopic (exact) mass is 249 g/mol. The second-order valence-electron chi connectivity index (χ2n) is 2.87. The van der Waals surface area contributed by atoms with Crippen LogP contribution in [-0.2, 0) is 11.0 Å². The normalized spacial score (nSPS) is 12.4. The topological polar surface area (TPSA) is 29.1 Å². The number of anilines is 1. The Morgan fingerprint density at radius 1 is 1.38 bits per heavy atom. The van der Waals surface area contributed by atoms with Gasteiger partial charge in [-0.2, -0.15) is 13.2 Å². The molecule has 1 rings (SSSR count). The molecule has 16 heavy (non-hydrogen) atoms. The fourth-order valence-electron chi connectivity index (χ4n) is 0.972. The molecule has 0 atom stereocenters. The van der Waals surface area contributed by atoms with E-state index >= 15 is 0 Å². The Morgan fingerprint density at radius 3 is 2.62 bits per heavy atom. The van der Waals surface area contributed by atoms with Crippen molar-refractivity contribution < 1.29 is 18.0 Å². The molecule has 0 spiro atoms. The van der Waals surface area contributed by atoms with E-state index in [0.717, 1.165) is 18.3 Å². The number of nitrogens with one attached hydrogen (secondary N) is 1. The summed E-state index contributed by atoms with van der Waals surface area (Å²) in [5.41, 5.74) is -0.567. The summed E-state index contributed by atoms with van der Waals surface area (Å²) in [7, 11) is 0. The minimum absolute atomic E-state index is 0.127. The van der Waals surface area contributed by atoms with Gasteiger partial charge in [0, 0.05) is 11.9 Å². The van der Waals surface area contributed by atoms with Gasteiger partial charge in [0.05, 0.1) is 10.6 Å². The molecule has 0 unspecified atom stereocenters. The maximum absolute atomic E-state index is 12.3. The molecular formula is C10H7ClF3NO. The van der Waals surface area contributed by atoms with E-state index < -0.39 is 11.7 Å². The number of carbonyl (C=O) groups is 1. The van der Waals surface area contributed by atoms with Crippen molar-refractivity contribution >= 4 is 23.6 Å². The smallest absolute Gasteiger partial charge is 0.360 e. The van der Waals surface area contributed by atoms with Crippen LogP contribution in [0.15, 0.2) is 35.5 Å². The third-order valence-corrected chi connectivity index (χ3v) is 1.88. The van der Waals surface area contributed by atoms with E-state index in [-0.39, 0.29) is 10.7 Å². The molecule has 6 heteroatoms. The number of aldehydes is 1. The van der Waals surface area contributed by atoms with Crippen LogP contribution in [0.5, 0.6) is 0 Å². The van der Waals surface area contributed by atoms with Crippen molar-refractivity contribution in [2.75, 3.05) is 5.32 Å². The zero-order valence-corrected chi connectivity index (χ0v) is 8.64. The Hall–Kier alpha value is -1.49. The maximum Gasteiger partial charge on any atom is 0.416 e. The van der Waals surface area contributed by atoms with Gasteiger partial charge in [0.15, 0.2) is 6.29 Å². The third kappa shape index (κ3) is 3.58. The highest BCUT2D eigenvalue weighted by atomic mass is 35.5. The fraction of sp³-hybridized carbons (Fsp3) is 0.100. The van der Waals surface area contributed by atoms with Crippen LogP contribution < -0.4 is 5.32 Å². The molecule has 0 saturated carbocycles. The van der Waals surface area contributed by atoms with Crippen LogP contribution in [0.25, 0.3) is 0 Å². The predicted molar refractivity (Wildman–Crippen MR) is 55.1 cm³/mol. The minimum Gasteiger partial charge on any atom is -0.360 e. The van der Waals surface area contributed by atoms with Crippen LogP contribution in [0.1, 0.15) is 5.56 Å². The van der Waals surface area contributed by atoms with Gasteiger partial charge in [0.1, 0.15) is 0 Å². The highest BCUT2D eigenvalue weighted by Crippen LogP contribution is 2.30. The highest BCUT2D eigenvalue weighted by Gasteiger charge is 2.30. The largest absolute Gasteiger partial charge is 0.416 e. The number of alkyl halides is 3. The molecule has 0 heterocycles. The van der Waals surface area contributed by atoms with Crippen molar-refractivity contribution in [3.63, 3.8) is 0 Å². The summed E-state index contributed by atoms with van der Waals surface area (Å²) in [5.74, 6) is 0. The van der Waals surface area contributed by atoms with Crippen LogP contribution in [0, 0.1) is 0 Å². The van der Waals surface area contributed by atoms with Crippen molar-refractivity contribution in [2.24, 2.45) is 0 Å². The molecule has 2 nitrogen and oxygen atoms in total. The molecule has 0 radical (unpaired) electrons. The predicted octanol–water partition coefficient (Wildman–Crippen LogP) is 3.40. The molecule has 1 N–H and O–H groups in total. The number of benzene rings is 1. The summed E-state index contributed by atoms with van der Waals surface area (Å²) < 4.78 is 36.9. The number of hydrogen-bond acceptors (Lipinski definition) is 2. The summed E-state index contributed by atoms with van der Waals surface area (Å²) in [4.78, 5) is 10.1. The van der Waals surface area contributed by atoms with Crippen molar-refractivity contribution in [1.82, 2.24) is 0 Å². The van der Waals surface area contributed by atoms with Crippen molar-refractivity contribution in [1.29, 1.82) is 0 Å². The molecule has 0 bridgehead atoms. The Bertz CT molecular complexity index is 415. The summed E-state index contributed by atoms with van der Waals surface area (Å²) >= 11 is 5.35. The first kappa shape index (κ1) is 12.6. The first-order valence-corrected chi connectivity index (χ1v) is 4.56. The lowest BCUT2D eigenvalue weighted by Gasteiger charge is -2.08. The van der Waals surface area contributed by atoms with Crippen molar-refractivity contribution in [3.05, 3.63) is 41.1 Å². The molecule has 0 aromatic heterocycles. The molecule has 0 fully saturated rings. The molecule has 0 aliphatic heterocycles. The summed E-state index contributed by atoms with van der Waals surface area (Å²) in [5, 5.41) is 2.36. The molecule has 0 aliphatic carbocycles. The summed E-state index contributed by atoms with van der Waals surface area (Å²) in [6.07, 6.45) is -2.90. The van der Waals surface area contributed by atoms with E-state index in [1.807, 2.05) is 0 Å². The van der Waals surface area contributed by atoms with Crippen molar-refractivity contribution in [3.8, 4) is 0 Å². The third-order valence-electron chi connectivity index (χ3n) is 1.68. The van der Waals surface area contributed by atoms with Gasteiger partial charge in [0.2, 0.25) is 0 Å². The number of halogens is 4. The fourth-order valence-corrected chi connectivity index (χ4v) is 1.03. The Morgan fingerprint density at radius 2 is 2.06 bits per heavy atom. The quantitative estimate of drug-likeness (QED) is 0.657. The lowest BCUT2D eigenvalue weighted by Crippen LogP contribution is -2.05. The molecule has 1 aromatic carbocycles. The van der Waals surface area contributed by atoms with Crippen LogP contribution in [0.3, 0.4) is 0 Å². The molecule has 0 saturated heterocycles. The average Bonchev–Trinajstić information content (AvgIpc) is 2.25. The first-order valence-electron chi connectivity index (χ1n) is 4.18. The van der Waals surface area contributed by atoms with E-state index in [4.69, 9.17) is 11.6 Å². The number of rotatable bonds is 3. The number of hydrogen-bond donors (Lipinski definition) is 1. The maximum atomic E-state index is 12.3. The van der Waals surface area contributed by atoms with Gasteiger partial charge in [-0.05, 0) is 18.2 Å². The molecule has 0 amide bonds. The average molecular weight is 250 g/mol. The molecule has 1 aromatic rings. The van der Waals surface area contributed by atoms with Crippen LogP contribution in [-0.4, -0.2) is 6.29 Å². The minimum atomic E-state index is -4.39. The van der Waals surface area contributed by atoms with Gasteiger partial charge in [-0.3, -0.25) is 4.79 Å². The highest BCUT2D eigenvalue weighted by molar-refractivity contribution is 6.38. The summed E-state index contributed by atoms with van der Waals surface area (Å²) in [6, 6.07) is 4.57. The van der Waals surface area contributed by atoms with Gasteiger partial charge in [-0.15, -0.1) is 0 Å². The second kappa shape index (κ2) is 5.03. The Kier molecular flexibility index (Phi) is 3.95. The Balaban J connectivity index is 2.87. The lowest BCUT2D eigenvalue weighted by molar-refractivity contribution is -0.137. The Labute approximate surface area is 94.7 Å². The van der Waals surface area contributed by atoms with Gasteiger partial charge in [-0.1, -0.05) is 17.7 Å². The number of carbonyl (C=O) groups excluding carboxylic acids is 1.